The Kier molecular flexibility index (Phi) is 4.26. The summed E-state index contributed by atoms with van der Waals surface area (Å²) in [5, 5.41) is 0. The first-order chi connectivity index (χ1) is 9.76. The zero-order valence-electron chi connectivity index (χ0n) is 12.2. The van der Waals surface area contributed by atoms with Crippen molar-refractivity contribution in [2.45, 2.75) is 32.8 Å². The SMILES string of the molecule is CC(C)c1ccc(F)c(-c2ccc(OC(C)(F)F)cc2)c1. The summed E-state index contributed by atoms with van der Waals surface area (Å²) in [5.74, 6) is -0.00805. The standard InChI is InChI=1S/C17H17F3O/c1-11(2)13-6-9-16(18)15(10-13)12-4-7-14(8-5-12)21-17(3,19)20/h4-11H,1-3H3. The van der Waals surface area contributed by atoms with Crippen LogP contribution in [0.15, 0.2) is 42.5 Å². The first kappa shape index (κ1) is 15.4. The van der Waals surface area contributed by atoms with Gasteiger partial charge in [0.1, 0.15) is 11.6 Å². The third kappa shape index (κ3) is 4.00. The van der Waals surface area contributed by atoms with E-state index >= 15 is 0 Å². The number of benzene rings is 2. The van der Waals surface area contributed by atoms with Crippen molar-refractivity contribution >= 4 is 0 Å². The smallest absolute Gasteiger partial charge is 0.394 e. The summed E-state index contributed by atoms with van der Waals surface area (Å²) in [7, 11) is 0. The van der Waals surface area contributed by atoms with Crippen LogP contribution < -0.4 is 4.74 Å². The lowest BCUT2D eigenvalue weighted by Gasteiger charge is -2.14. The molecular formula is C17H17F3O. The van der Waals surface area contributed by atoms with Gasteiger partial charge in [0.15, 0.2) is 0 Å². The number of rotatable bonds is 4. The Morgan fingerprint density at radius 2 is 1.62 bits per heavy atom. The maximum atomic E-state index is 13.9. The van der Waals surface area contributed by atoms with E-state index in [-0.39, 0.29) is 17.5 Å². The Bertz CT molecular complexity index is 613. The van der Waals surface area contributed by atoms with Crippen molar-refractivity contribution in [3.63, 3.8) is 0 Å². The van der Waals surface area contributed by atoms with E-state index in [1.807, 2.05) is 13.8 Å². The lowest BCUT2D eigenvalue weighted by atomic mass is 9.97. The molecule has 0 saturated heterocycles. The van der Waals surface area contributed by atoms with Gasteiger partial charge in [0.25, 0.3) is 0 Å². The maximum absolute atomic E-state index is 13.9. The molecule has 0 fully saturated rings. The molecule has 0 atom stereocenters. The number of hydrogen-bond donors (Lipinski definition) is 0. The van der Waals surface area contributed by atoms with Gasteiger partial charge in [0, 0.05) is 12.5 Å². The molecule has 0 aliphatic carbocycles. The largest absolute Gasteiger partial charge is 0.433 e. The van der Waals surface area contributed by atoms with Crippen molar-refractivity contribution in [1.82, 2.24) is 0 Å². The molecule has 1 nitrogen and oxygen atoms in total. The van der Waals surface area contributed by atoms with Gasteiger partial charge >= 0.3 is 6.11 Å². The highest BCUT2D eigenvalue weighted by Gasteiger charge is 2.23. The molecule has 4 heteroatoms. The molecule has 2 rings (SSSR count). The third-order valence-corrected chi connectivity index (χ3v) is 3.12. The first-order valence-electron chi connectivity index (χ1n) is 6.73. The Hall–Kier alpha value is -1.97. The van der Waals surface area contributed by atoms with Gasteiger partial charge in [0.05, 0.1) is 0 Å². The highest BCUT2D eigenvalue weighted by atomic mass is 19.3. The van der Waals surface area contributed by atoms with Crippen LogP contribution in [0.2, 0.25) is 0 Å². The van der Waals surface area contributed by atoms with E-state index in [0.29, 0.717) is 18.1 Å². The van der Waals surface area contributed by atoms with Crippen LogP contribution in [0.1, 0.15) is 32.3 Å². The van der Waals surface area contributed by atoms with E-state index in [1.54, 1.807) is 24.3 Å². The highest BCUT2D eigenvalue weighted by Crippen LogP contribution is 2.29. The Morgan fingerprint density at radius 1 is 1.00 bits per heavy atom. The molecule has 0 aliphatic rings. The predicted molar refractivity (Wildman–Crippen MR) is 77.2 cm³/mol. The molecular weight excluding hydrogens is 277 g/mol. The zero-order valence-corrected chi connectivity index (χ0v) is 12.2. The van der Waals surface area contributed by atoms with Crippen molar-refractivity contribution in [1.29, 1.82) is 0 Å². The van der Waals surface area contributed by atoms with E-state index in [0.717, 1.165) is 5.56 Å². The van der Waals surface area contributed by atoms with Gasteiger partial charge < -0.3 is 4.74 Å². The highest BCUT2D eigenvalue weighted by molar-refractivity contribution is 5.65. The van der Waals surface area contributed by atoms with Gasteiger partial charge in [-0.15, -0.1) is 0 Å². The molecule has 0 heterocycles. The minimum Gasteiger partial charge on any atom is -0.433 e. The first-order valence-corrected chi connectivity index (χ1v) is 6.73. The molecule has 0 spiro atoms. The number of hydrogen-bond acceptors (Lipinski definition) is 1. The van der Waals surface area contributed by atoms with Crippen LogP contribution >= 0.6 is 0 Å². The number of alkyl halides is 2. The number of halogens is 3. The molecule has 2 aromatic rings. The summed E-state index contributed by atoms with van der Waals surface area (Å²) < 4.78 is 43.9. The molecule has 2 aromatic carbocycles. The van der Waals surface area contributed by atoms with E-state index in [4.69, 9.17) is 0 Å². The summed E-state index contributed by atoms with van der Waals surface area (Å²) in [5.41, 5.74) is 2.10. The fourth-order valence-electron chi connectivity index (χ4n) is 2.03. The van der Waals surface area contributed by atoms with Crippen LogP contribution in [0.5, 0.6) is 5.75 Å². The van der Waals surface area contributed by atoms with Gasteiger partial charge in [-0.25, -0.2) is 4.39 Å². The van der Waals surface area contributed by atoms with Gasteiger partial charge in [0.2, 0.25) is 0 Å². The van der Waals surface area contributed by atoms with Crippen LogP contribution in [0.4, 0.5) is 13.2 Å². The topological polar surface area (TPSA) is 9.23 Å². The summed E-state index contributed by atoms with van der Waals surface area (Å²) in [6.07, 6.45) is -3.23. The molecule has 0 radical (unpaired) electrons. The lowest BCUT2D eigenvalue weighted by molar-refractivity contribution is -0.158. The van der Waals surface area contributed by atoms with Crippen LogP contribution in [-0.4, -0.2) is 6.11 Å². The molecule has 0 saturated carbocycles. The molecule has 0 bridgehead atoms. The van der Waals surface area contributed by atoms with Crippen LogP contribution in [0.25, 0.3) is 11.1 Å². The average Bonchev–Trinajstić information content (AvgIpc) is 2.38. The van der Waals surface area contributed by atoms with Gasteiger partial charge in [-0.2, -0.15) is 8.78 Å². The Morgan fingerprint density at radius 3 is 2.14 bits per heavy atom. The lowest BCUT2D eigenvalue weighted by Crippen LogP contribution is -2.18. The molecule has 0 amide bonds. The van der Waals surface area contributed by atoms with E-state index in [9.17, 15) is 13.2 Å². The summed E-state index contributed by atoms with van der Waals surface area (Å²) in [6.45, 7) is 4.72. The second-order valence-electron chi connectivity index (χ2n) is 5.33. The fourth-order valence-corrected chi connectivity index (χ4v) is 2.03. The fraction of sp³-hybridized carbons (Fsp3) is 0.294. The molecule has 0 N–H and O–H groups in total. The summed E-state index contributed by atoms with van der Waals surface area (Å²) >= 11 is 0. The molecule has 0 aliphatic heterocycles. The van der Waals surface area contributed by atoms with Gasteiger partial charge in [-0.3, -0.25) is 0 Å². The van der Waals surface area contributed by atoms with Crippen molar-refractivity contribution < 1.29 is 17.9 Å². The van der Waals surface area contributed by atoms with E-state index in [2.05, 4.69) is 4.74 Å². The summed E-state index contributed by atoms with van der Waals surface area (Å²) in [6, 6.07) is 10.9. The molecule has 112 valence electrons. The van der Waals surface area contributed by atoms with Crippen LogP contribution in [0.3, 0.4) is 0 Å². The monoisotopic (exact) mass is 294 g/mol. The third-order valence-electron chi connectivity index (χ3n) is 3.12. The quantitative estimate of drug-likeness (QED) is 0.712. The van der Waals surface area contributed by atoms with E-state index in [1.165, 1.54) is 18.2 Å². The van der Waals surface area contributed by atoms with Crippen molar-refractivity contribution in [2.75, 3.05) is 0 Å². The van der Waals surface area contributed by atoms with E-state index < -0.39 is 6.11 Å². The normalized spacial score (nSPS) is 11.8. The maximum Gasteiger partial charge on any atom is 0.394 e. The molecule has 21 heavy (non-hydrogen) atoms. The van der Waals surface area contributed by atoms with Gasteiger partial charge in [-0.05, 0) is 41.3 Å². The minimum atomic E-state index is -3.23. The Labute approximate surface area is 122 Å². The second-order valence-corrected chi connectivity index (χ2v) is 5.33. The predicted octanol–water partition coefficient (Wildman–Crippen LogP) is 5.61. The molecule has 0 unspecified atom stereocenters. The molecule has 0 aromatic heterocycles. The Balaban J connectivity index is 2.32. The minimum absolute atomic E-state index is 0.0478. The second kappa shape index (κ2) is 5.80. The van der Waals surface area contributed by atoms with Crippen LogP contribution in [0, 0.1) is 5.82 Å². The van der Waals surface area contributed by atoms with Crippen molar-refractivity contribution in [2.24, 2.45) is 0 Å². The van der Waals surface area contributed by atoms with Crippen LogP contribution in [-0.2, 0) is 0 Å². The van der Waals surface area contributed by atoms with Gasteiger partial charge in [-0.1, -0.05) is 32.0 Å². The average molecular weight is 294 g/mol. The zero-order chi connectivity index (χ0) is 15.6. The van der Waals surface area contributed by atoms with Crippen molar-refractivity contribution in [3.8, 4) is 16.9 Å². The van der Waals surface area contributed by atoms with Crippen molar-refractivity contribution in [3.05, 3.63) is 53.8 Å². The summed E-state index contributed by atoms with van der Waals surface area (Å²) in [4.78, 5) is 0. The number of ether oxygens (including phenoxy) is 1.